The van der Waals surface area contributed by atoms with E-state index < -0.39 is 0 Å². The lowest BCUT2D eigenvalue weighted by Gasteiger charge is -2.03. The van der Waals surface area contributed by atoms with Crippen molar-refractivity contribution < 1.29 is 4.79 Å². The summed E-state index contributed by atoms with van der Waals surface area (Å²) in [6.45, 7) is 0. The van der Waals surface area contributed by atoms with Crippen LogP contribution in [0.1, 0.15) is 6.42 Å². The SMILES string of the molecule is O=C(CCBr)Nc1nc2scc(-c3cc(Cl)ccc3Cl)n2n1. The third-order valence-electron chi connectivity index (χ3n) is 2.86. The number of carbonyl (C=O) groups is 1. The van der Waals surface area contributed by atoms with E-state index in [4.69, 9.17) is 23.2 Å². The van der Waals surface area contributed by atoms with Crippen LogP contribution in [0, 0.1) is 0 Å². The van der Waals surface area contributed by atoms with Crippen molar-refractivity contribution in [3.8, 4) is 11.3 Å². The van der Waals surface area contributed by atoms with Gasteiger partial charge in [0.15, 0.2) is 0 Å². The molecule has 0 radical (unpaired) electrons. The van der Waals surface area contributed by atoms with E-state index in [0.29, 0.717) is 26.8 Å². The highest BCUT2D eigenvalue weighted by Crippen LogP contribution is 2.33. The number of benzene rings is 1. The maximum Gasteiger partial charge on any atom is 0.250 e. The second-order valence-electron chi connectivity index (χ2n) is 4.36. The Morgan fingerprint density at radius 3 is 3.00 bits per heavy atom. The van der Waals surface area contributed by atoms with Gasteiger partial charge in [-0.15, -0.1) is 16.4 Å². The molecule has 9 heteroatoms. The van der Waals surface area contributed by atoms with Crippen molar-refractivity contribution in [3.63, 3.8) is 0 Å². The fraction of sp³-hybridized carbons (Fsp3) is 0.154. The van der Waals surface area contributed by atoms with Gasteiger partial charge in [0, 0.05) is 27.7 Å². The van der Waals surface area contributed by atoms with Crippen LogP contribution in [0.5, 0.6) is 0 Å². The monoisotopic (exact) mass is 418 g/mol. The van der Waals surface area contributed by atoms with Gasteiger partial charge in [0.2, 0.25) is 16.8 Å². The molecule has 0 saturated heterocycles. The number of rotatable bonds is 4. The summed E-state index contributed by atoms with van der Waals surface area (Å²) in [5, 5.41) is 10.6. The fourth-order valence-corrected chi connectivity index (χ4v) is 3.46. The zero-order chi connectivity index (χ0) is 15.7. The van der Waals surface area contributed by atoms with Gasteiger partial charge in [-0.2, -0.15) is 4.98 Å². The molecule has 0 fully saturated rings. The van der Waals surface area contributed by atoms with Gasteiger partial charge in [-0.1, -0.05) is 39.1 Å². The third-order valence-corrected chi connectivity index (χ3v) is 4.64. The number of alkyl halides is 1. The number of hydrogen-bond donors (Lipinski definition) is 1. The zero-order valence-corrected chi connectivity index (χ0v) is 14.9. The minimum atomic E-state index is -0.141. The summed E-state index contributed by atoms with van der Waals surface area (Å²) in [7, 11) is 0. The van der Waals surface area contributed by atoms with E-state index in [0.717, 1.165) is 11.3 Å². The van der Waals surface area contributed by atoms with E-state index in [1.807, 2.05) is 5.38 Å². The molecular formula is C13H9BrCl2N4OS. The van der Waals surface area contributed by atoms with Crippen LogP contribution in [-0.2, 0) is 4.79 Å². The number of nitrogens with zero attached hydrogens (tertiary/aromatic N) is 3. The first kappa shape index (κ1) is 15.7. The summed E-state index contributed by atoms with van der Waals surface area (Å²) in [5.41, 5.74) is 1.55. The summed E-state index contributed by atoms with van der Waals surface area (Å²) in [4.78, 5) is 16.5. The van der Waals surface area contributed by atoms with Crippen LogP contribution < -0.4 is 5.32 Å². The molecule has 0 aliphatic carbocycles. The number of halogens is 3. The lowest BCUT2D eigenvalue weighted by molar-refractivity contribution is -0.115. The highest BCUT2D eigenvalue weighted by molar-refractivity contribution is 9.09. The Labute approximate surface area is 148 Å². The van der Waals surface area contributed by atoms with E-state index in [9.17, 15) is 4.79 Å². The van der Waals surface area contributed by atoms with Crippen molar-refractivity contribution in [2.45, 2.75) is 6.42 Å². The number of aromatic nitrogens is 3. The molecule has 0 unspecified atom stereocenters. The average Bonchev–Trinajstić information content (AvgIpc) is 3.01. The number of carbonyl (C=O) groups excluding carboxylic acids is 1. The van der Waals surface area contributed by atoms with Crippen LogP contribution in [0.15, 0.2) is 23.6 Å². The Hall–Kier alpha value is -1.15. The highest BCUT2D eigenvalue weighted by Gasteiger charge is 2.15. The maximum atomic E-state index is 11.6. The van der Waals surface area contributed by atoms with Crippen molar-refractivity contribution in [3.05, 3.63) is 33.6 Å². The molecule has 0 aliphatic rings. The normalized spacial score (nSPS) is 11.0. The molecule has 2 heterocycles. The molecule has 0 spiro atoms. The van der Waals surface area contributed by atoms with E-state index in [1.54, 1.807) is 22.7 Å². The predicted molar refractivity (Wildman–Crippen MR) is 93.4 cm³/mol. The van der Waals surface area contributed by atoms with Gasteiger partial charge in [-0.3, -0.25) is 10.1 Å². The van der Waals surface area contributed by atoms with Crippen molar-refractivity contribution in [2.75, 3.05) is 10.6 Å². The van der Waals surface area contributed by atoms with Crippen LogP contribution in [0.25, 0.3) is 16.2 Å². The molecule has 0 atom stereocenters. The third kappa shape index (κ3) is 3.12. The second-order valence-corrected chi connectivity index (χ2v) is 6.84. The molecule has 5 nitrogen and oxygen atoms in total. The molecule has 2 aromatic heterocycles. The Kier molecular flexibility index (Phi) is 4.67. The summed E-state index contributed by atoms with van der Waals surface area (Å²) in [6, 6.07) is 5.23. The van der Waals surface area contributed by atoms with Crippen molar-refractivity contribution in [1.29, 1.82) is 0 Å². The van der Waals surface area contributed by atoms with Gasteiger partial charge in [0.1, 0.15) is 0 Å². The number of thiazole rings is 1. The van der Waals surface area contributed by atoms with Gasteiger partial charge >= 0.3 is 0 Å². The quantitative estimate of drug-likeness (QED) is 0.633. The van der Waals surface area contributed by atoms with Gasteiger partial charge < -0.3 is 0 Å². The number of anilines is 1. The molecule has 3 aromatic rings. The number of amides is 1. The highest BCUT2D eigenvalue weighted by atomic mass is 79.9. The largest absolute Gasteiger partial charge is 0.293 e. The average molecular weight is 420 g/mol. The number of fused-ring (bicyclic) bond motifs is 1. The summed E-state index contributed by atoms with van der Waals surface area (Å²) < 4.78 is 1.64. The van der Waals surface area contributed by atoms with E-state index in [-0.39, 0.29) is 11.9 Å². The van der Waals surface area contributed by atoms with E-state index in [1.165, 1.54) is 11.3 Å². The molecule has 1 amide bonds. The molecule has 3 rings (SSSR count). The molecule has 1 aromatic carbocycles. The van der Waals surface area contributed by atoms with Gasteiger partial charge in [0.05, 0.1) is 10.7 Å². The van der Waals surface area contributed by atoms with E-state index >= 15 is 0 Å². The van der Waals surface area contributed by atoms with Crippen molar-refractivity contribution in [2.24, 2.45) is 0 Å². The Morgan fingerprint density at radius 1 is 1.41 bits per heavy atom. The number of nitrogens with one attached hydrogen (secondary N) is 1. The molecule has 0 saturated carbocycles. The van der Waals surface area contributed by atoms with Gasteiger partial charge in [-0.05, 0) is 18.2 Å². The summed E-state index contributed by atoms with van der Waals surface area (Å²) in [5.74, 6) is 0.134. The Morgan fingerprint density at radius 2 is 2.23 bits per heavy atom. The molecule has 1 N–H and O–H groups in total. The Bertz CT molecular complexity index is 848. The predicted octanol–water partition coefficient (Wildman–Crippen LogP) is 4.49. The van der Waals surface area contributed by atoms with Crippen LogP contribution >= 0.6 is 50.5 Å². The van der Waals surface area contributed by atoms with Crippen LogP contribution in [0.2, 0.25) is 10.0 Å². The lowest BCUT2D eigenvalue weighted by atomic mass is 10.2. The molecular weight excluding hydrogens is 411 g/mol. The minimum absolute atomic E-state index is 0.141. The Balaban J connectivity index is 1.99. The maximum absolute atomic E-state index is 11.6. The van der Waals surface area contributed by atoms with Crippen LogP contribution in [0.3, 0.4) is 0 Å². The second kappa shape index (κ2) is 6.54. The minimum Gasteiger partial charge on any atom is -0.293 e. The topological polar surface area (TPSA) is 59.3 Å². The van der Waals surface area contributed by atoms with Gasteiger partial charge in [0.25, 0.3) is 0 Å². The first-order valence-electron chi connectivity index (χ1n) is 6.24. The first-order chi connectivity index (χ1) is 10.6. The number of hydrogen-bond acceptors (Lipinski definition) is 4. The van der Waals surface area contributed by atoms with Crippen LogP contribution in [0.4, 0.5) is 5.95 Å². The molecule has 114 valence electrons. The molecule has 0 bridgehead atoms. The first-order valence-corrected chi connectivity index (χ1v) is 8.99. The van der Waals surface area contributed by atoms with Gasteiger partial charge in [-0.25, -0.2) is 4.52 Å². The standard InChI is InChI=1S/C13H9BrCl2N4OS/c14-4-3-11(21)17-12-18-13-20(19-12)10(6-22-13)8-5-7(15)1-2-9(8)16/h1-2,5-6H,3-4H2,(H,17,19,21). The van der Waals surface area contributed by atoms with Crippen molar-refractivity contribution >= 4 is 67.3 Å². The zero-order valence-electron chi connectivity index (χ0n) is 11.0. The smallest absolute Gasteiger partial charge is 0.250 e. The van der Waals surface area contributed by atoms with E-state index in [2.05, 4.69) is 31.3 Å². The fourth-order valence-electron chi connectivity index (χ4n) is 1.89. The van der Waals surface area contributed by atoms with Crippen molar-refractivity contribution in [1.82, 2.24) is 14.6 Å². The van der Waals surface area contributed by atoms with Crippen LogP contribution in [-0.4, -0.2) is 25.8 Å². The summed E-state index contributed by atoms with van der Waals surface area (Å²) in [6.07, 6.45) is 0.361. The summed E-state index contributed by atoms with van der Waals surface area (Å²) >= 11 is 16.9. The molecule has 0 aliphatic heterocycles. The molecule has 22 heavy (non-hydrogen) atoms. The lowest BCUT2D eigenvalue weighted by Crippen LogP contribution is -2.12.